The summed E-state index contributed by atoms with van der Waals surface area (Å²) in [6, 6.07) is 12.1. The van der Waals surface area contributed by atoms with Crippen molar-refractivity contribution in [1.82, 2.24) is 4.90 Å². The number of nitrogens with zero attached hydrogens (tertiary/aromatic N) is 2. The fourth-order valence-corrected chi connectivity index (χ4v) is 4.38. The highest BCUT2D eigenvalue weighted by Crippen LogP contribution is 2.37. The van der Waals surface area contributed by atoms with Crippen LogP contribution in [0.4, 0.5) is 10.5 Å². The smallest absolute Gasteiger partial charge is 0.330 e. The second kappa shape index (κ2) is 9.04. The maximum absolute atomic E-state index is 13.5. The molecule has 2 N–H and O–H groups in total. The van der Waals surface area contributed by atoms with Gasteiger partial charge in [0.2, 0.25) is 0 Å². The van der Waals surface area contributed by atoms with Crippen molar-refractivity contribution >= 4 is 56.8 Å². The Labute approximate surface area is 188 Å². The van der Waals surface area contributed by atoms with E-state index in [1.165, 1.54) is 4.90 Å². The summed E-state index contributed by atoms with van der Waals surface area (Å²) in [6.07, 6.45) is 1.89. The molecule has 0 saturated carbocycles. The molecule has 3 amide bonds. The molecule has 0 aliphatic carbocycles. The molecule has 5 nitrogen and oxygen atoms in total. The van der Waals surface area contributed by atoms with Crippen LogP contribution in [0.3, 0.4) is 0 Å². The zero-order valence-corrected chi connectivity index (χ0v) is 19.1. The van der Waals surface area contributed by atoms with Crippen LogP contribution in [0.15, 0.2) is 46.9 Å². The zero-order chi connectivity index (χ0) is 21.2. The van der Waals surface area contributed by atoms with Crippen LogP contribution in [-0.2, 0) is 11.2 Å². The molecule has 1 fully saturated rings. The van der Waals surface area contributed by atoms with Crippen molar-refractivity contribution in [3.05, 3.63) is 62.5 Å². The highest BCUT2D eigenvalue weighted by molar-refractivity contribution is 9.10. The van der Waals surface area contributed by atoms with Crippen LogP contribution in [0.5, 0.6) is 0 Å². The zero-order valence-electron chi connectivity index (χ0n) is 16.0. The van der Waals surface area contributed by atoms with Crippen molar-refractivity contribution in [2.45, 2.75) is 31.7 Å². The van der Waals surface area contributed by atoms with Crippen LogP contribution in [0.25, 0.3) is 0 Å². The van der Waals surface area contributed by atoms with E-state index in [2.05, 4.69) is 15.9 Å². The molecule has 3 rings (SSSR count). The Morgan fingerprint density at radius 1 is 1.03 bits per heavy atom. The quantitative estimate of drug-likeness (QED) is 0.418. The fraction of sp³-hybridized carbons (Fsp3) is 0.333. The summed E-state index contributed by atoms with van der Waals surface area (Å²) in [4.78, 5) is 29.6. The number of rotatable bonds is 7. The van der Waals surface area contributed by atoms with Gasteiger partial charge in [-0.2, -0.15) is 0 Å². The molecular formula is C21H22BrCl2N3O2. The van der Waals surface area contributed by atoms with Crippen molar-refractivity contribution in [2.75, 3.05) is 18.0 Å². The molecule has 2 aromatic carbocycles. The van der Waals surface area contributed by atoms with E-state index in [-0.39, 0.29) is 11.9 Å². The molecule has 0 spiro atoms. The second-order valence-corrected chi connectivity index (χ2v) is 9.06. The topological polar surface area (TPSA) is 66.6 Å². The number of hydrogen-bond donors (Lipinski definition) is 1. The Balaban J connectivity index is 1.99. The summed E-state index contributed by atoms with van der Waals surface area (Å²) in [6.45, 7) is 2.79. The summed E-state index contributed by atoms with van der Waals surface area (Å²) in [5.41, 5.74) is 5.94. The Bertz CT molecular complexity index is 902. The number of imide groups is 1. The molecule has 1 saturated heterocycles. The maximum atomic E-state index is 13.5. The van der Waals surface area contributed by atoms with E-state index in [0.717, 1.165) is 22.9 Å². The molecular weight excluding hydrogens is 477 g/mol. The first-order valence-corrected chi connectivity index (χ1v) is 10.9. The lowest BCUT2D eigenvalue weighted by Crippen LogP contribution is -2.49. The predicted octanol–water partition coefficient (Wildman–Crippen LogP) is 5.26. The van der Waals surface area contributed by atoms with Gasteiger partial charge in [0.1, 0.15) is 5.54 Å². The van der Waals surface area contributed by atoms with Crippen LogP contribution in [0.1, 0.15) is 25.3 Å². The van der Waals surface area contributed by atoms with Crippen molar-refractivity contribution < 1.29 is 9.59 Å². The number of hydrogen-bond acceptors (Lipinski definition) is 3. The average molecular weight is 499 g/mol. The standard InChI is InChI=1S/C21H22BrCl2N3O2/c1-21(13-14-4-6-15(22)7-5-14)19(28)27(18-11-16(23)10-17(24)12-18)20(29)26(21)9-3-2-8-25/h4-7,10-12H,2-3,8-9,13,25H2,1H3/t21-/m0/s1. The Morgan fingerprint density at radius 3 is 2.24 bits per heavy atom. The molecule has 1 atom stereocenters. The number of unbranched alkanes of at least 4 members (excludes halogenated alkanes) is 1. The van der Waals surface area contributed by atoms with Crippen LogP contribution in [0.2, 0.25) is 10.0 Å². The van der Waals surface area contributed by atoms with Crippen molar-refractivity contribution in [2.24, 2.45) is 5.73 Å². The molecule has 1 aliphatic heterocycles. The molecule has 2 aromatic rings. The van der Waals surface area contributed by atoms with Gasteiger partial charge in [-0.3, -0.25) is 4.79 Å². The molecule has 0 radical (unpaired) electrons. The molecule has 0 bridgehead atoms. The van der Waals surface area contributed by atoms with Gasteiger partial charge >= 0.3 is 6.03 Å². The van der Waals surface area contributed by atoms with Crippen molar-refractivity contribution in [1.29, 1.82) is 0 Å². The van der Waals surface area contributed by atoms with E-state index in [0.29, 0.717) is 35.2 Å². The van der Waals surface area contributed by atoms with E-state index in [1.807, 2.05) is 31.2 Å². The van der Waals surface area contributed by atoms with Crippen LogP contribution >= 0.6 is 39.1 Å². The summed E-state index contributed by atoms with van der Waals surface area (Å²) in [7, 11) is 0. The van der Waals surface area contributed by atoms with Gasteiger partial charge in [-0.05, 0) is 62.2 Å². The number of anilines is 1. The third-order valence-electron chi connectivity index (χ3n) is 5.08. The summed E-state index contributed by atoms with van der Waals surface area (Å²) in [5, 5.41) is 0.730. The number of urea groups is 1. The molecule has 1 heterocycles. The van der Waals surface area contributed by atoms with E-state index < -0.39 is 5.54 Å². The Hall–Kier alpha value is -1.60. The Kier molecular flexibility index (Phi) is 6.89. The minimum absolute atomic E-state index is 0.295. The molecule has 0 aromatic heterocycles. The first-order chi connectivity index (χ1) is 13.8. The number of carbonyl (C=O) groups is 2. The van der Waals surface area contributed by atoms with E-state index in [9.17, 15) is 9.59 Å². The number of benzene rings is 2. The van der Waals surface area contributed by atoms with Crippen LogP contribution < -0.4 is 10.6 Å². The van der Waals surface area contributed by atoms with Gasteiger partial charge < -0.3 is 10.6 Å². The monoisotopic (exact) mass is 497 g/mol. The minimum Gasteiger partial charge on any atom is -0.330 e. The third kappa shape index (κ3) is 4.61. The van der Waals surface area contributed by atoms with Gasteiger partial charge in [0.05, 0.1) is 5.69 Å². The number of amides is 3. The number of halogens is 3. The normalized spacial score (nSPS) is 19.3. The molecule has 1 aliphatic rings. The number of carbonyl (C=O) groups excluding carboxylic acids is 2. The lowest BCUT2D eigenvalue weighted by atomic mass is 9.91. The van der Waals surface area contributed by atoms with Crippen molar-refractivity contribution in [3.8, 4) is 0 Å². The van der Waals surface area contributed by atoms with Gasteiger partial charge in [-0.15, -0.1) is 0 Å². The van der Waals surface area contributed by atoms with Crippen molar-refractivity contribution in [3.63, 3.8) is 0 Å². The average Bonchev–Trinajstić information content (AvgIpc) is 2.83. The predicted molar refractivity (Wildman–Crippen MR) is 121 cm³/mol. The van der Waals surface area contributed by atoms with Gasteiger partial charge in [0, 0.05) is 27.5 Å². The van der Waals surface area contributed by atoms with E-state index >= 15 is 0 Å². The second-order valence-electron chi connectivity index (χ2n) is 7.28. The minimum atomic E-state index is -1.02. The fourth-order valence-electron chi connectivity index (χ4n) is 3.60. The Morgan fingerprint density at radius 2 is 1.66 bits per heavy atom. The van der Waals surface area contributed by atoms with Gasteiger partial charge in [-0.25, -0.2) is 9.69 Å². The van der Waals surface area contributed by atoms with Gasteiger partial charge in [0.15, 0.2) is 0 Å². The lowest BCUT2D eigenvalue weighted by Gasteiger charge is -2.32. The summed E-state index contributed by atoms with van der Waals surface area (Å²) >= 11 is 15.6. The SMILES string of the molecule is C[C@]1(Cc2ccc(Br)cc2)C(=O)N(c2cc(Cl)cc(Cl)c2)C(=O)N1CCCCN. The van der Waals surface area contributed by atoms with Crippen LogP contribution in [-0.4, -0.2) is 35.5 Å². The maximum Gasteiger partial charge on any atom is 0.332 e. The third-order valence-corrected chi connectivity index (χ3v) is 6.05. The molecule has 29 heavy (non-hydrogen) atoms. The largest absolute Gasteiger partial charge is 0.332 e. The highest BCUT2D eigenvalue weighted by Gasteiger charge is 2.54. The highest BCUT2D eigenvalue weighted by atomic mass is 79.9. The summed E-state index contributed by atoms with van der Waals surface area (Å²) < 4.78 is 0.954. The first kappa shape index (κ1) is 22.1. The molecule has 8 heteroatoms. The van der Waals surface area contributed by atoms with E-state index in [1.54, 1.807) is 23.1 Å². The lowest BCUT2D eigenvalue weighted by molar-refractivity contribution is -0.124. The number of nitrogens with two attached hydrogens (primary N) is 1. The van der Waals surface area contributed by atoms with Crippen LogP contribution in [0, 0.1) is 0 Å². The van der Waals surface area contributed by atoms with E-state index in [4.69, 9.17) is 28.9 Å². The van der Waals surface area contributed by atoms with Gasteiger partial charge in [0.25, 0.3) is 5.91 Å². The van der Waals surface area contributed by atoms with Gasteiger partial charge in [-0.1, -0.05) is 51.3 Å². The molecule has 154 valence electrons. The summed E-state index contributed by atoms with van der Waals surface area (Å²) in [5.74, 6) is -0.295. The first-order valence-electron chi connectivity index (χ1n) is 9.33. The molecule has 0 unspecified atom stereocenters.